The second-order valence-electron chi connectivity index (χ2n) is 10.8. The Hall–Kier alpha value is -3.45. The van der Waals surface area contributed by atoms with Crippen LogP contribution in [-0.4, -0.2) is 29.8 Å². The number of nitrogen functional groups attached to an aromatic ring is 1. The number of ether oxygens (including phenoxy) is 1. The highest BCUT2D eigenvalue weighted by molar-refractivity contribution is 7.98. The van der Waals surface area contributed by atoms with Crippen LogP contribution < -0.4 is 5.73 Å². The van der Waals surface area contributed by atoms with Gasteiger partial charge in [-0.25, -0.2) is 9.18 Å². The molecule has 2 saturated carbocycles. The van der Waals surface area contributed by atoms with Gasteiger partial charge in [-0.15, -0.1) is 11.8 Å². The zero-order valence-corrected chi connectivity index (χ0v) is 22.3. The molecule has 0 radical (unpaired) electrons. The van der Waals surface area contributed by atoms with Crippen LogP contribution in [0, 0.1) is 11.8 Å². The van der Waals surface area contributed by atoms with Gasteiger partial charge in [0.05, 0.1) is 16.8 Å². The molecular weight excluding hydrogens is 513 g/mol. The molecule has 3 aromatic carbocycles. The first-order valence-electron chi connectivity index (χ1n) is 13.6. The Kier molecular flexibility index (Phi) is 7.02. The van der Waals surface area contributed by atoms with E-state index in [-0.39, 0.29) is 45.6 Å². The standard InChI is InChI=1S/C32H30FNO4S/c33-21-12-10-20-15-22(13-11-19(20)14-21)38-32(37)25-16-26(39-17-18-6-2-1-3-7-18)27-28(29(25)34)31(36)24-9-5-4-8-23(24)30(27)35/h1-9,16,19-22H,10-15,17,34H2. The average molecular weight is 544 g/mol. The van der Waals surface area contributed by atoms with Crippen LogP contribution >= 0.6 is 11.8 Å². The Morgan fingerprint density at radius 2 is 1.51 bits per heavy atom. The van der Waals surface area contributed by atoms with E-state index in [1.165, 1.54) is 11.8 Å². The van der Waals surface area contributed by atoms with Crippen LogP contribution in [0.15, 0.2) is 65.6 Å². The molecule has 0 saturated heterocycles. The number of ketones is 2. The molecule has 200 valence electrons. The number of rotatable bonds is 5. The molecule has 2 N–H and O–H groups in total. The van der Waals surface area contributed by atoms with Gasteiger partial charge < -0.3 is 10.5 Å². The summed E-state index contributed by atoms with van der Waals surface area (Å²) in [6.07, 6.45) is 3.23. The normalized spacial score (nSPS) is 23.9. The summed E-state index contributed by atoms with van der Waals surface area (Å²) in [6, 6.07) is 18.1. The number of carbonyl (C=O) groups excluding carboxylic acids is 3. The molecule has 4 atom stereocenters. The average Bonchev–Trinajstić information content (AvgIpc) is 2.95. The van der Waals surface area contributed by atoms with Crippen molar-refractivity contribution >= 4 is 35.0 Å². The molecule has 0 bridgehead atoms. The predicted octanol–water partition coefficient (Wildman–Crippen LogP) is 6.80. The van der Waals surface area contributed by atoms with Gasteiger partial charge >= 0.3 is 5.97 Å². The lowest BCUT2D eigenvalue weighted by Gasteiger charge is -2.40. The van der Waals surface area contributed by atoms with Gasteiger partial charge in [0.1, 0.15) is 12.3 Å². The van der Waals surface area contributed by atoms with E-state index in [9.17, 15) is 18.8 Å². The number of thioether (sulfide) groups is 1. The number of esters is 1. The number of hydrogen-bond acceptors (Lipinski definition) is 6. The third-order valence-electron chi connectivity index (χ3n) is 8.43. The van der Waals surface area contributed by atoms with Crippen molar-refractivity contribution in [2.24, 2.45) is 11.8 Å². The Morgan fingerprint density at radius 3 is 2.26 bits per heavy atom. The summed E-state index contributed by atoms with van der Waals surface area (Å²) in [7, 11) is 0. The van der Waals surface area contributed by atoms with E-state index >= 15 is 0 Å². The van der Waals surface area contributed by atoms with Crippen molar-refractivity contribution in [1.82, 2.24) is 0 Å². The minimum Gasteiger partial charge on any atom is -0.459 e. The van der Waals surface area contributed by atoms with Crippen molar-refractivity contribution in [1.29, 1.82) is 0 Å². The zero-order chi connectivity index (χ0) is 27.1. The van der Waals surface area contributed by atoms with Crippen molar-refractivity contribution in [2.75, 3.05) is 5.73 Å². The molecule has 0 aromatic heterocycles. The molecule has 4 unspecified atom stereocenters. The maximum Gasteiger partial charge on any atom is 0.340 e. The summed E-state index contributed by atoms with van der Waals surface area (Å²) < 4.78 is 19.8. The van der Waals surface area contributed by atoms with Gasteiger partial charge in [0.25, 0.3) is 0 Å². The third-order valence-corrected chi connectivity index (χ3v) is 9.54. The first kappa shape index (κ1) is 25.8. The van der Waals surface area contributed by atoms with Gasteiger partial charge in [-0.3, -0.25) is 9.59 Å². The highest BCUT2D eigenvalue weighted by Gasteiger charge is 2.39. The fraction of sp³-hybridized carbons (Fsp3) is 0.344. The smallest absolute Gasteiger partial charge is 0.340 e. The summed E-state index contributed by atoms with van der Waals surface area (Å²) >= 11 is 1.40. The minimum absolute atomic E-state index is 0.0152. The Bertz CT molecular complexity index is 1460. The van der Waals surface area contributed by atoms with Crippen molar-refractivity contribution < 1.29 is 23.5 Å². The molecule has 0 spiro atoms. The lowest BCUT2D eigenvalue weighted by molar-refractivity contribution is -0.00817. The van der Waals surface area contributed by atoms with Crippen LogP contribution in [0.2, 0.25) is 0 Å². The molecule has 6 rings (SSSR count). The molecule has 3 aromatic rings. The SMILES string of the molecule is Nc1c(C(=O)OC2CCC3CC(F)CCC3C2)cc(SCc2ccccc2)c2c1C(=O)c1ccccc1C2=O. The second-order valence-corrected chi connectivity index (χ2v) is 11.9. The minimum atomic E-state index is -0.724. The molecule has 39 heavy (non-hydrogen) atoms. The first-order valence-corrected chi connectivity index (χ1v) is 14.6. The van der Waals surface area contributed by atoms with E-state index in [0.29, 0.717) is 53.7 Å². The fourth-order valence-electron chi connectivity index (χ4n) is 6.41. The number of fused-ring (bicyclic) bond motifs is 3. The maximum absolute atomic E-state index is 13.9. The van der Waals surface area contributed by atoms with Crippen LogP contribution in [0.25, 0.3) is 0 Å². The van der Waals surface area contributed by atoms with Gasteiger partial charge in [-0.1, -0.05) is 54.6 Å². The van der Waals surface area contributed by atoms with Crippen molar-refractivity contribution in [3.63, 3.8) is 0 Å². The summed E-state index contributed by atoms with van der Waals surface area (Å²) in [6.45, 7) is 0. The van der Waals surface area contributed by atoms with Crippen molar-refractivity contribution in [3.8, 4) is 0 Å². The molecule has 0 aliphatic heterocycles. The fourth-order valence-corrected chi connectivity index (χ4v) is 7.47. The van der Waals surface area contributed by atoms with Gasteiger partial charge in [0, 0.05) is 27.3 Å². The Labute approximate surface area is 231 Å². The Balaban J connectivity index is 1.33. The number of alkyl halides is 1. The highest BCUT2D eigenvalue weighted by atomic mass is 32.2. The summed E-state index contributed by atoms with van der Waals surface area (Å²) in [5.74, 6) is 0.0373. The molecule has 5 nitrogen and oxygen atoms in total. The van der Waals surface area contributed by atoms with Gasteiger partial charge in [0.2, 0.25) is 0 Å². The van der Waals surface area contributed by atoms with Crippen molar-refractivity contribution in [2.45, 2.75) is 61.4 Å². The Morgan fingerprint density at radius 1 is 0.872 bits per heavy atom. The van der Waals surface area contributed by atoms with Crippen LogP contribution in [0.1, 0.15) is 86.3 Å². The largest absolute Gasteiger partial charge is 0.459 e. The van der Waals surface area contributed by atoms with Gasteiger partial charge in [-0.05, 0) is 62.0 Å². The van der Waals surface area contributed by atoms with E-state index in [1.54, 1.807) is 30.3 Å². The van der Waals surface area contributed by atoms with Crippen LogP contribution in [-0.2, 0) is 10.5 Å². The maximum atomic E-state index is 13.9. The van der Waals surface area contributed by atoms with E-state index in [4.69, 9.17) is 10.5 Å². The monoisotopic (exact) mass is 543 g/mol. The highest BCUT2D eigenvalue weighted by Crippen LogP contribution is 2.43. The summed E-state index contributed by atoms with van der Waals surface area (Å²) in [5.41, 5.74) is 8.59. The number of benzene rings is 3. The molecule has 0 heterocycles. The summed E-state index contributed by atoms with van der Waals surface area (Å²) in [4.78, 5) is 41.3. The van der Waals surface area contributed by atoms with E-state index in [1.807, 2.05) is 30.3 Å². The molecule has 2 fully saturated rings. The van der Waals surface area contributed by atoms with Crippen LogP contribution in [0.4, 0.5) is 10.1 Å². The molecule has 0 amide bonds. The first-order chi connectivity index (χ1) is 18.9. The molecular formula is C32H30FNO4S. The molecule has 3 aliphatic carbocycles. The molecule has 3 aliphatic rings. The van der Waals surface area contributed by atoms with E-state index in [2.05, 4.69) is 0 Å². The van der Waals surface area contributed by atoms with E-state index < -0.39 is 12.1 Å². The number of anilines is 1. The lowest BCUT2D eigenvalue weighted by atomic mass is 9.69. The van der Waals surface area contributed by atoms with Gasteiger partial charge in [0.15, 0.2) is 11.6 Å². The van der Waals surface area contributed by atoms with Crippen LogP contribution in [0.5, 0.6) is 0 Å². The zero-order valence-electron chi connectivity index (χ0n) is 21.5. The topological polar surface area (TPSA) is 86.5 Å². The molecule has 7 heteroatoms. The van der Waals surface area contributed by atoms with E-state index in [0.717, 1.165) is 18.4 Å². The lowest BCUT2D eigenvalue weighted by Crippen LogP contribution is -2.35. The number of nitrogens with two attached hydrogens (primary N) is 1. The van der Waals surface area contributed by atoms with Crippen molar-refractivity contribution in [3.05, 3.63) is 94.0 Å². The predicted molar refractivity (Wildman–Crippen MR) is 149 cm³/mol. The number of hydrogen-bond donors (Lipinski definition) is 1. The number of halogens is 1. The summed E-state index contributed by atoms with van der Waals surface area (Å²) in [5, 5.41) is 0. The quantitative estimate of drug-likeness (QED) is 0.169. The van der Waals surface area contributed by atoms with Crippen LogP contribution in [0.3, 0.4) is 0 Å². The van der Waals surface area contributed by atoms with Gasteiger partial charge in [-0.2, -0.15) is 0 Å². The number of carbonyl (C=O) groups is 3. The third kappa shape index (κ3) is 4.89. The second kappa shape index (κ2) is 10.6.